The summed E-state index contributed by atoms with van der Waals surface area (Å²) in [6.45, 7) is 2.00. The Morgan fingerprint density at radius 2 is 2.26 bits per heavy atom. The first-order valence-corrected chi connectivity index (χ1v) is 7.66. The molecular weight excluding hydrogens is 258 g/mol. The average Bonchev–Trinajstić information content (AvgIpc) is 2.82. The SMILES string of the molecule is COC(=O)CCCN(C)CC1CSc2ccccc21. The fraction of sp³-hybridized carbons (Fsp3) is 0.533. The first-order valence-electron chi connectivity index (χ1n) is 6.68. The van der Waals surface area contributed by atoms with Crippen LogP contribution >= 0.6 is 11.8 Å². The van der Waals surface area contributed by atoms with Gasteiger partial charge < -0.3 is 9.64 Å². The first kappa shape index (κ1) is 14.4. The van der Waals surface area contributed by atoms with Gasteiger partial charge in [-0.3, -0.25) is 4.79 Å². The van der Waals surface area contributed by atoms with E-state index < -0.39 is 0 Å². The van der Waals surface area contributed by atoms with E-state index in [9.17, 15) is 4.79 Å². The zero-order valence-corrected chi connectivity index (χ0v) is 12.4. The van der Waals surface area contributed by atoms with E-state index in [4.69, 9.17) is 0 Å². The lowest BCUT2D eigenvalue weighted by Crippen LogP contribution is -2.26. The fourth-order valence-electron chi connectivity index (χ4n) is 2.44. The number of likely N-dealkylation sites (N-methyl/N-ethyl adjacent to an activating group) is 1. The Hall–Kier alpha value is -1.00. The predicted molar refractivity (Wildman–Crippen MR) is 78.7 cm³/mol. The highest BCUT2D eigenvalue weighted by Crippen LogP contribution is 2.39. The number of benzene rings is 1. The number of esters is 1. The number of methoxy groups -OCH3 is 1. The van der Waals surface area contributed by atoms with Crippen molar-refractivity contribution in [1.82, 2.24) is 4.90 Å². The molecule has 104 valence electrons. The van der Waals surface area contributed by atoms with Crippen LogP contribution in [0.1, 0.15) is 24.3 Å². The molecule has 0 aromatic heterocycles. The molecule has 0 amide bonds. The standard InChI is InChI=1S/C15H21NO2S/c1-16(9-5-8-15(17)18-2)10-12-11-19-14-7-4-3-6-13(12)14/h3-4,6-7,12H,5,8-11H2,1-2H3. The van der Waals surface area contributed by atoms with Gasteiger partial charge >= 0.3 is 5.97 Å². The molecule has 1 unspecified atom stereocenters. The summed E-state index contributed by atoms with van der Waals surface area (Å²) in [7, 11) is 3.57. The highest BCUT2D eigenvalue weighted by molar-refractivity contribution is 7.99. The maximum atomic E-state index is 11.1. The van der Waals surface area contributed by atoms with Crippen LogP contribution in [-0.4, -0.2) is 43.9 Å². The van der Waals surface area contributed by atoms with Gasteiger partial charge in [0, 0.05) is 29.5 Å². The van der Waals surface area contributed by atoms with Crippen molar-refractivity contribution in [3.63, 3.8) is 0 Å². The number of nitrogens with zero attached hydrogens (tertiary/aromatic N) is 1. The molecule has 1 aromatic carbocycles. The zero-order valence-electron chi connectivity index (χ0n) is 11.6. The van der Waals surface area contributed by atoms with Crippen LogP contribution in [0, 0.1) is 0 Å². The van der Waals surface area contributed by atoms with E-state index in [1.54, 1.807) is 0 Å². The minimum absolute atomic E-state index is 0.116. The third-order valence-corrected chi connectivity index (χ3v) is 4.73. The summed E-state index contributed by atoms with van der Waals surface area (Å²) in [4.78, 5) is 14.8. The molecule has 0 saturated heterocycles. The van der Waals surface area contributed by atoms with Gasteiger partial charge in [0.2, 0.25) is 0 Å². The molecule has 0 spiro atoms. The van der Waals surface area contributed by atoms with Crippen molar-refractivity contribution in [3.05, 3.63) is 29.8 Å². The Balaban J connectivity index is 1.77. The highest BCUT2D eigenvalue weighted by atomic mass is 32.2. The largest absolute Gasteiger partial charge is 0.469 e. The Labute approximate surface area is 119 Å². The molecule has 3 nitrogen and oxygen atoms in total. The van der Waals surface area contributed by atoms with Gasteiger partial charge in [0.05, 0.1) is 7.11 Å². The van der Waals surface area contributed by atoms with E-state index in [-0.39, 0.29) is 5.97 Å². The van der Waals surface area contributed by atoms with Crippen molar-refractivity contribution in [1.29, 1.82) is 0 Å². The van der Waals surface area contributed by atoms with Crippen LogP contribution < -0.4 is 0 Å². The van der Waals surface area contributed by atoms with E-state index >= 15 is 0 Å². The number of carbonyl (C=O) groups excluding carboxylic acids is 1. The van der Waals surface area contributed by atoms with Crippen molar-refractivity contribution >= 4 is 17.7 Å². The molecule has 1 heterocycles. The number of thioether (sulfide) groups is 1. The molecule has 0 saturated carbocycles. The van der Waals surface area contributed by atoms with Crippen molar-refractivity contribution in [2.75, 3.05) is 33.0 Å². The van der Waals surface area contributed by atoms with E-state index in [0.29, 0.717) is 12.3 Å². The van der Waals surface area contributed by atoms with Gasteiger partial charge in [-0.15, -0.1) is 11.8 Å². The molecule has 1 aliphatic rings. The Kier molecular flexibility index (Phi) is 5.28. The van der Waals surface area contributed by atoms with Crippen LogP contribution in [0.15, 0.2) is 29.2 Å². The van der Waals surface area contributed by atoms with E-state index in [1.165, 1.54) is 23.3 Å². The Morgan fingerprint density at radius 3 is 3.05 bits per heavy atom. The summed E-state index contributed by atoms with van der Waals surface area (Å²) in [6, 6.07) is 8.67. The number of hydrogen-bond donors (Lipinski definition) is 0. The third kappa shape index (κ3) is 3.98. The Morgan fingerprint density at radius 1 is 1.47 bits per heavy atom. The van der Waals surface area contributed by atoms with Gasteiger partial charge in [0.15, 0.2) is 0 Å². The molecule has 0 bridgehead atoms. The number of hydrogen-bond acceptors (Lipinski definition) is 4. The van der Waals surface area contributed by atoms with E-state index in [2.05, 4.69) is 40.9 Å². The molecule has 1 atom stereocenters. The van der Waals surface area contributed by atoms with Crippen LogP contribution in [0.25, 0.3) is 0 Å². The van der Waals surface area contributed by atoms with Crippen molar-refractivity contribution < 1.29 is 9.53 Å². The van der Waals surface area contributed by atoms with Crippen LogP contribution in [-0.2, 0) is 9.53 Å². The molecule has 1 aromatic rings. The van der Waals surface area contributed by atoms with Gasteiger partial charge in [-0.2, -0.15) is 0 Å². The number of rotatable bonds is 6. The second kappa shape index (κ2) is 6.96. The third-order valence-electron chi connectivity index (χ3n) is 3.48. The quantitative estimate of drug-likeness (QED) is 0.749. The lowest BCUT2D eigenvalue weighted by Gasteiger charge is -2.20. The number of ether oxygens (including phenoxy) is 1. The van der Waals surface area contributed by atoms with Crippen LogP contribution in [0.3, 0.4) is 0 Å². The summed E-state index contributed by atoms with van der Waals surface area (Å²) in [5.41, 5.74) is 1.48. The predicted octanol–water partition coefficient (Wildman–Crippen LogP) is 2.76. The Bertz CT molecular complexity index is 436. The highest BCUT2D eigenvalue weighted by Gasteiger charge is 2.23. The second-order valence-corrected chi connectivity index (χ2v) is 6.05. The van der Waals surface area contributed by atoms with Gasteiger partial charge in [0.25, 0.3) is 0 Å². The summed E-state index contributed by atoms with van der Waals surface area (Å²) < 4.78 is 4.65. The monoisotopic (exact) mass is 279 g/mol. The van der Waals surface area contributed by atoms with Crippen LogP contribution in [0.4, 0.5) is 0 Å². The average molecular weight is 279 g/mol. The maximum Gasteiger partial charge on any atom is 0.305 e. The zero-order chi connectivity index (χ0) is 13.7. The number of fused-ring (bicyclic) bond motifs is 1. The molecule has 19 heavy (non-hydrogen) atoms. The second-order valence-electron chi connectivity index (χ2n) is 4.99. The molecule has 0 N–H and O–H groups in total. The fourth-order valence-corrected chi connectivity index (χ4v) is 3.69. The van der Waals surface area contributed by atoms with E-state index in [1.807, 2.05) is 11.8 Å². The topological polar surface area (TPSA) is 29.5 Å². The smallest absolute Gasteiger partial charge is 0.305 e. The van der Waals surface area contributed by atoms with Gasteiger partial charge in [-0.05, 0) is 31.6 Å². The number of carbonyl (C=O) groups is 1. The molecule has 0 fully saturated rings. The normalized spacial score (nSPS) is 17.5. The van der Waals surface area contributed by atoms with E-state index in [0.717, 1.165) is 19.5 Å². The summed E-state index contributed by atoms with van der Waals surface area (Å²) in [5, 5.41) is 0. The molecule has 4 heteroatoms. The van der Waals surface area contributed by atoms with Crippen molar-refractivity contribution in [3.8, 4) is 0 Å². The summed E-state index contributed by atoms with van der Waals surface area (Å²) in [5.74, 6) is 1.67. The van der Waals surface area contributed by atoms with Crippen LogP contribution in [0.2, 0.25) is 0 Å². The summed E-state index contributed by atoms with van der Waals surface area (Å²) >= 11 is 1.95. The summed E-state index contributed by atoms with van der Waals surface area (Å²) in [6.07, 6.45) is 1.38. The molecular formula is C15H21NO2S. The van der Waals surface area contributed by atoms with Crippen molar-refractivity contribution in [2.24, 2.45) is 0 Å². The molecule has 0 aliphatic carbocycles. The van der Waals surface area contributed by atoms with Gasteiger partial charge in [-0.1, -0.05) is 18.2 Å². The maximum absolute atomic E-state index is 11.1. The minimum Gasteiger partial charge on any atom is -0.469 e. The molecule has 0 radical (unpaired) electrons. The van der Waals surface area contributed by atoms with Crippen molar-refractivity contribution in [2.45, 2.75) is 23.7 Å². The first-order chi connectivity index (χ1) is 9.20. The molecule has 1 aliphatic heterocycles. The lowest BCUT2D eigenvalue weighted by molar-refractivity contribution is -0.140. The van der Waals surface area contributed by atoms with Crippen LogP contribution in [0.5, 0.6) is 0 Å². The lowest BCUT2D eigenvalue weighted by atomic mass is 10.0. The van der Waals surface area contributed by atoms with Gasteiger partial charge in [0.1, 0.15) is 0 Å². The van der Waals surface area contributed by atoms with Gasteiger partial charge in [-0.25, -0.2) is 0 Å². The molecule has 2 rings (SSSR count). The minimum atomic E-state index is -0.116.